The summed E-state index contributed by atoms with van der Waals surface area (Å²) in [5.41, 5.74) is 3.44. The maximum Gasteiger partial charge on any atom is 0.333 e. The Morgan fingerprint density at radius 2 is 1.04 bits per heavy atom. The van der Waals surface area contributed by atoms with Crippen LogP contribution in [0.25, 0.3) is 0 Å². The van der Waals surface area contributed by atoms with Gasteiger partial charge in [0.25, 0.3) is 0 Å². The Morgan fingerprint density at radius 3 is 1.38 bits per heavy atom. The number of carbonyl (C=O) groups excluding carboxylic acids is 2. The SMILES string of the molecule is C=C(C)C(=O)OCC(O)Cc1c(CNCC(O)COCCCC)ccc(CNCC(O)COCCCC)c1CC(O)COC(=O)C(=C)C. The average Bonchev–Trinajstić information content (AvgIpc) is 3.04. The van der Waals surface area contributed by atoms with Crippen LogP contribution in [0.15, 0.2) is 36.4 Å². The number of ether oxygens (including phenoxy) is 4. The summed E-state index contributed by atoms with van der Waals surface area (Å²) in [6, 6.07) is 3.80. The molecule has 48 heavy (non-hydrogen) atoms. The van der Waals surface area contributed by atoms with E-state index < -0.39 is 36.4 Å². The number of nitrogens with one attached hydrogen (secondary N) is 2. The van der Waals surface area contributed by atoms with Gasteiger partial charge in [-0.25, -0.2) is 9.59 Å². The zero-order valence-corrected chi connectivity index (χ0v) is 29.4. The van der Waals surface area contributed by atoms with Gasteiger partial charge in [0, 0.05) is 63.4 Å². The lowest BCUT2D eigenvalue weighted by molar-refractivity contribution is -0.142. The highest BCUT2D eigenvalue weighted by atomic mass is 16.5. The van der Waals surface area contributed by atoms with Gasteiger partial charge in [-0.15, -0.1) is 0 Å². The third kappa shape index (κ3) is 18.8. The Hall–Kier alpha value is -2.68. The highest BCUT2D eigenvalue weighted by Gasteiger charge is 2.22. The van der Waals surface area contributed by atoms with Gasteiger partial charge in [0.15, 0.2) is 0 Å². The van der Waals surface area contributed by atoms with Crippen molar-refractivity contribution in [1.29, 1.82) is 0 Å². The number of esters is 2. The first-order valence-corrected chi connectivity index (χ1v) is 17.0. The second-order valence-electron chi connectivity index (χ2n) is 12.2. The molecule has 0 bridgehead atoms. The summed E-state index contributed by atoms with van der Waals surface area (Å²) in [4.78, 5) is 24.0. The van der Waals surface area contributed by atoms with E-state index in [9.17, 15) is 30.0 Å². The lowest BCUT2D eigenvalue weighted by atomic mass is 9.88. The van der Waals surface area contributed by atoms with Crippen molar-refractivity contribution >= 4 is 11.9 Å². The van der Waals surface area contributed by atoms with Crippen molar-refractivity contribution in [3.05, 3.63) is 58.7 Å². The number of hydrogen-bond donors (Lipinski definition) is 6. The molecule has 0 amide bonds. The van der Waals surface area contributed by atoms with Gasteiger partial charge in [-0.3, -0.25) is 0 Å². The molecular formula is C36H60N2O10. The van der Waals surface area contributed by atoms with Crippen LogP contribution < -0.4 is 10.6 Å². The topological polar surface area (TPSA) is 176 Å². The Balaban J connectivity index is 3.28. The normalized spacial score (nSPS) is 13.8. The van der Waals surface area contributed by atoms with Crippen molar-refractivity contribution in [1.82, 2.24) is 10.6 Å². The van der Waals surface area contributed by atoms with Gasteiger partial charge in [0.1, 0.15) is 13.2 Å². The van der Waals surface area contributed by atoms with E-state index in [1.165, 1.54) is 13.8 Å². The third-order valence-corrected chi connectivity index (χ3v) is 7.31. The molecular weight excluding hydrogens is 620 g/mol. The van der Waals surface area contributed by atoms with E-state index in [4.69, 9.17) is 18.9 Å². The van der Waals surface area contributed by atoms with Crippen LogP contribution >= 0.6 is 0 Å². The van der Waals surface area contributed by atoms with Crippen LogP contribution in [0.4, 0.5) is 0 Å². The van der Waals surface area contributed by atoms with Crippen LogP contribution in [-0.2, 0) is 54.5 Å². The zero-order chi connectivity index (χ0) is 35.9. The maximum absolute atomic E-state index is 12.0. The van der Waals surface area contributed by atoms with Crippen molar-refractivity contribution in [2.75, 3.05) is 52.7 Å². The van der Waals surface area contributed by atoms with E-state index in [0.29, 0.717) is 37.4 Å². The number of carbonyl (C=O) groups is 2. The fourth-order valence-corrected chi connectivity index (χ4v) is 4.61. The Labute approximate surface area is 286 Å². The fourth-order valence-electron chi connectivity index (χ4n) is 4.61. The summed E-state index contributed by atoms with van der Waals surface area (Å²) in [6.07, 6.45) is 0.411. The molecule has 0 aromatic heterocycles. The first kappa shape index (κ1) is 43.3. The summed E-state index contributed by atoms with van der Waals surface area (Å²) in [6.45, 7) is 16.5. The van der Waals surface area contributed by atoms with Crippen molar-refractivity contribution in [2.24, 2.45) is 0 Å². The third-order valence-electron chi connectivity index (χ3n) is 7.31. The lowest BCUT2D eigenvalue weighted by Gasteiger charge is -2.24. The van der Waals surface area contributed by atoms with Crippen molar-refractivity contribution in [3.63, 3.8) is 0 Å². The molecule has 12 heteroatoms. The molecule has 1 rings (SSSR count). The molecule has 1 aromatic carbocycles. The molecule has 274 valence electrons. The predicted octanol–water partition coefficient (Wildman–Crippen LogP) is 2.27. The number of hydrogen-bond acceptors (Lipinski definition) is 12. The van der Waals surface area contributed by atoms with Gasteiger partial charge in [0.2, 0.25) is 0 Å². The second kappa shape index (κ2) is 25.3. The quantitative estimate of drug-likeness (QED) is 0.0433. The highest BCUT2D eigenvalue weighted by molar-refractivity contribution is 5.87. The van der Waals surface area contributed by atoms with E-state index in [1.807, 2.05) is 12.1 Å². The lowest BCUT2D eigenvalue weighted by Crippen LogP contribution is -2.32. The minimum absolute atomic E-state index is 0.0819. The van der Waals surface area contributed by atoms with E-state index in [0.717, 1.165) is 36.8 Å². The van der Waals surface area contributed by atoms with Crippen LogP contribution in [0.2, 0.25) is 0 Å². The number of aliphatic hydroxyl groups excluding tert-OH is 4. The Kier molecular flexibility index (Phi) is 22.9. The summed E-state index contributed by atoms with van der Waals surface area (Å²) in [5.74, 6) is -1.23. The van der Waals surface area contributed by atoms with Crippen molar-refractivity contribution in [3.8, 4) is 0 Å². The van der Waals surface area contributed by atoms with Crippen LogP contribution in [-0.4, -0.2) is 110 Å². The molecule has 0 aliphatic carbocycles. The summed E-state index contributed by atoms with van der Waals surface area (Å²) in [5, 5.41) is 49.2. The Bertz CT molecular complexity index is 1030. The summed E-state index contributed by atoms with van der Waals surface area (Å²) in [7, 11) is 0. The Morgan fingerprint density at radius 1 is 0.667 bits per heavy atom. The van der Waals surface area contributed by atoms with Crippen molar-refractivity contribution in [2.45, 2.75) is 104 Å². The van der Waals surface area contributed by atoms with E-state index in [1.54, 1.807) is 0 Å². The monoisotopic (exact) mass is 680 g/mol. The van der Waals surface area contributed by atoms with Crippen molar-refractivity contribution < 1.29 is 49.0 Å². The molecule has 0 saturated carbocycles. The average molecular weight is 681 g/mol. The smallest absolute Gasteiger partial charge is 0.333 e. The molecule has 1 aromatic rings. The minimum Gasteiger partial charge on any atom is -0.460 e. The number of benzene rings is 1. The first-order valence-electron chi connectivity index (χ1n) is 17.0. The molecule has 12 nitrogen and oxygen atoms in total. The molecule has 0 heterocycles. The van der Waals surface area contributed by atoms with Gasteiger partial charge < -0.3 is 50.0 Å². The van der Waals surface area contributed by atoms with Crippen LogP contribution in [0.5, 0.6) is 0 Å². The van der Waals surface area contributed by atoms with Gasteiger partial charge in [-0.05, 0) is 48.9 Å². The molecule has 0 radical (unpaired) electrons. The van der Waals surface area contributed by atoms with Gasteiger partial charge in [-0.1, -0.05) is 52.0 Å². The van der Waals surface area contributed by atoms with Gasteiger partial charge >= 0.3 is 11.9 Å². The number of rotatable bonds is 28. The van der Waals surface area contributed by atoms with E-state index in [-0.39, 0.29) is 63.5 Å². The first-order chi connectivity index (χ1) is 22.9. The van der Waals surface area contributed by atoms with E-state index >= 15 is 0 Å². The predicted molar refractivity (Wildman–Crippen MR) is 184 cm³/mol. The molecule has 0 aliphatic rings. The van der Waals surface area contributed by atoms with Gasteiger partial charge in [-0.2, -0.15) is 0 Å². The van der Waals surface area contributed by atoms with Crippen LogP contribution in [0.1, 0.15) is 75.6 Å². The molecule has 0 saturated heterocycles. The molecule has 6 N–H and O–H groups in total. The van der Waals surface area contributed by atoms with Gasteiger partial charge in [0.05, 0.1) is 37.6 Å². The second-order valence-corrected chi connectivity index (χ2v) is 12.2. The molecule has 0 fully saturated rings. The van der Waals surface area contributed by atoms with E-state index in [2.05, 4.69) is 37.6 Å². The largest absolute Gasteiger partial charge is 0.460 e. The fraction of sp³-hybridized carbons (Fsp3) is 0.667. The zero-order valence-electron chi connectivity index (χ0n) is 29.4. The molecule has 4 atom stereocenters. The van der Waals surface area contributed by atoms with Crippen LogP contribution in [0.3, 0.4) is 0 Å². The highest BCUT2D eigenvalue weighted by Crippen LogP contribution is 2.24. The number of unbranched alkanes of at least 4 members (excludes halogenated alkanes) is 2. The molecule has 4 unspecified atom stereocenters. The summed E-state index contributed by atoms with van der Waals surface area (Å²) < 4.78 is 21.5. The standard InChI is InChI=1S/C36H60N2O10/c1-7-9-13-45-21-31(41)19-37-17-27-11-12-28(18-38-20-32(42)22-46-14-10-8-2)34(16-30(40)24-48-36(44)26(5)6)33(27)15-29(39)23-47-35(43)25(3)4/h11-12,29-32,37-42H,3,5,7-10,13-24H2,1-2,4,6H3. The molecule has 0 aliphatic heterocycles. The number of aliphatic hydroxyl groups is 4. The maximum atomic E-state index is 12.0. The molecule has 0 spiro atoms. The minimum atomic E-state index is -1.08. The summed E-state index contributed by atoms with van der Waals surface area (Å²) >= 11 is 0. The van der Waals surface area contributed by atoms with Crippen LogP contribution in [0, 0.1) is 0 Å².